The smallest absolute Gasteiger partial charge is 0.411 e. The Kier molecular flexibility index (Phi) is 4.63. The van der Waals surface area contributed by atoms with E-state index in [0.717, 1.165) is 12.8 Å². The topological polar surface area (TPSA) is 71.2 Å². The molecule has 1 amide bonds. The van der Waals surface area contributed by atoms with Gasteiger partial charge in [-0.15, -0.1) is 0 Å². The van der Waals surface area contributed by atoms with Gasteiger partial charge in [-0.1, -0.05) is 24.9 Å². The van der Waals surface area contributed by atoms with E-state index in [4.69, 9.17) is 16.3 Å². The Morgan fingerprint density at radius 2 is 2.20 bits per heavy atom. The summed E-state index contributed by atoms with van der Waals surface area (Å²) in [4.78, 5) is 25.7. The first-order chi connectivity index (χ1) is 9.61. The van der Waals surface area contributed by atoms with Crippen LogP contribution in [0, 0.1) is 0 Å². The molecule has 0 bridgehead atoms. The van der Waals surface area contributed by atoms with Crippen LogP contribution in [-0.2, 0) is 4.74 Å². The van der Waals surface area contributed by atoms with Gasteiger partial charge in [0.15, 0.2) is 0 Å². The number of aromatic nitrogens is 1. The second-order valence-corrected chi connectivity index (χ2v) is 4.75. The van der Waals surface area contributed by atoms with Gasteiger partial charge in [0.05, 0.1) is 11.6 Å². The van der Waals surface area contributed by atoms with Crippen LogP contribution in [0.3, 0.4) is 0 Å². The van der Waals surface area contributed by atoms with E-state index in [1.54, 1.807) is 18.2 Å². The molecular formula is C14H15ClN2O3. The maximum absolute atomic E-state index is 11.6. The highest BCUT2D eigenvalue weighted by Crippen LogP contribution is 2.23. The summed E-state index contributed by atoms with van der Waals surface area (Å²) in [7, 11) is 0. The molecule has 6 heteroatoms. The number of hydrogen-bond donors (Lipinski definition) is 2. The van der Waals surface area contributed by atoms with Gasteiger partial charge in [0.2, 0.25) is 0 Å². The number of ether oxygens (including phenoxy) is 1. The molecule has 0 saturated heterocycles. The number of anilines is 1. The van der Waals surface area contributed by atoms with Crippen LogP contribution in [0.25, 0.3) is 10.8 Å². The predicted octanol–water partition coefficient (Wildman–Crippen LogP) is 3.53. The standard InChI is InChI=1S/C14H15ClN2O3/c1-2-3-6-20-14(19)17-9-4-5-10-11(7-9)12(15)8-16-13(10)18/h4-5,7-8H,2-3,6H2,1H3,(H,16,18)(H,17,19). The van der Waals surface area contributed by atoms with E-state index in [-0.39, 0.29) is 5.56 Å². The third-order valence-corrected chi connectivity index (χ3v) is 3.14. The first-order valence-corrected chi connectivity index (χ1v) is 6.74. The van der Waals surface area contributed by atoms with Crippen molar-refractivity contribution in [1.29, 1.82) is 0 Å². The molecule has 0 spiro atoms. The minimum atomic E-state index is -0.515. The number of unbranched alkanes of at least 4 members (excludes halogenated alkanes) is 1. The van der Waals surface area contributed by atoms with Crippen LogP contribution in [0.2, 0.25) is 5.02 Å². The third-order valence-electron chi connectivity index (χ3n) is 2.83. The van der Waals surface area contributed by atoms with Crippen molar-refractivity contribution in [2.75, 3.05) is 11.9 Å². The van der Waals surface area contributed by atoms with Crippen molar-refractivity contribution >= 4 is 34.2 Å². The molecular weight excluding hydrogens is 280 g/mol. The van der Waals surface area contributed by atoms with Crippen LogP contribution < -0.4 is 10.9 Å². The van der Waals surface area contributed by atoms with Crippen molar-refractivity contribution in [3.63, 3.8) is 0 Å². The molecule has 0 saturated carbocycles. The van der Waals surface area contributed by atoms with E-state index < -0.39 is 6.09 Å². The van der Waals surface area contributed by atoms with Crippen molar-refractivity contribution in [2.45, 2.75) is 19.8 Å². The first-order valence-electron chi connectivity index (χ1n) is 6.36. The van der Waals surface area contributed by atoms with Crippen molar-refractivity contribution in [1.82, 2.24) is 4.98 Å². The van der Waals surface area contributed by atoms with Crippen LogP contribution in [0.4, 0.5) is 10.5 Å². The molecule has 1 aromatic heterocycles. The monoisotopic (exact) mass is 294 g/mol. The van der Waals surface area contributed by atoms with E-state index in [0.29, 0.717) is 28.1 Å². The van der Waals surface area contributed by atoms with Crippen LogP contribution in [0.15, 0.2) is 29.2 Å². The van der Waals surface area contributed by atoms with Crippen molar-refractivity contribution < 1.29 is 9.53 Å². The Labute approximate surface area is 120 Å². The molecule has 0 unspecified atom stereocenters. The molecule has 20 heavy (non-hydrogen) atoms. The van der Waals surface area contributed by atoms with Crippen molar-refractivity contribution in [3.8, 4) is 0 Å². The summed E-state index contributed by atoms with van der Waals surface area (Å²) in [6.07, 6.45) is 2.70. The van der Waals surface area contributed by atoms with Crippen LogP contribution in [0.1, 0.15) is 19.8 Å². The summed E-state index contributed by atoms with van der Waals surface area (Å²) >= 11 is 6.03. The molecule has 2 N–H and O–H groups in total. The quantitative estimate of drug-likeness (QED) is 0.847. The zero-order valence-corrected chi connectivity index (χ0v) is 11.8. The normalized spacial score (nSPS) is 10.5. The number of H-pyrrole nitrogens is 1. The van der Waals surface area contributed by atoms with E-state index in [2.05, 4.69) is 10.3 Å². The predicted molar refractivity (Wildman–Crippen MR) is 79.5 cm³/mol. The average molecular weight is 295 g/mol. The van der Waals surface area contributed by atoms with Gasteiger partial charge in [-0.25, -0.2) is 4.79 Å². The van der Waals surface area contributed by atoms with Gasteiger partial charge in [-0.3, -0.25) is 10.1 Å². The molecule has 2 rings (SSSR count). The van der Waals surface area contributed by atoms with Gasteiger partial charge >= 0.3 is 6.09 Å². The molecule has 0 aliphatic rings. The Hall–Kier alpha value is -2.01. The fourth-order valence-electron chi connectivity index (χ4n) is 1.77. The van der Waals surface area contributed by atoms with Crippen molar-refractivity contribution in [2.24, 2.45) is 0 Å². The van der Waals surface area contributed by atoms with Gasteiger partial charge in [0.1, 0.15) is 0 Å². The van der Waals surface area contributed by atoms with Crippen LogP contribution >= 0.6 is 11.6 Å². The highest BCUT2D eigenvalue weighted by Gasteiger charge is 2.07. The summed E-state index contributed by atoms with van der Waals surface area (Å²) in [6.45, 7) is 2.40. The number of halogens is 1. The number of hydrogen-bond acceptors (Lipinski definition) is 3. The summed E-state index contributed by atoms with van der Waals surface area (Å²) in [5.41, 5.74) is 0.313. The number of fused-ring (bicyclic) bond motifs is 1. The number of benzene rings is 1. The zero-order chi connectivity index (χ0) is 14.5. The summed E-state index contributed by atoms with van der Waals surface area (Å²) in [5.74, 6) is 0. The number of aromatic amines is 1. The fraction of sp³-hybridized carbons (Fsp3) is 0.286. The van der Waals surface area contributed by atoms with E-state index in [9.17, 15) is 9.59 Å². The SMILES string of the molecule is CCCCOC(=O)Nc1ccc2c(=O)[nH]cc(Cl)c2c1. The summed E-state index contributed by atoms with van der Waals surface area (Å²) in [5, 5.41) is 4.09. The Balaban J connectivity index is 2.18. The minimum absolute atomic E-state index is 0.221. The largest absolute Gasteiger partial charge is 0.449 e. The number of carbonyl (C=O) groups excluding carboxylic acids is 1. The molecule has 0 aliphatic heterocycles. The molecule has 5 nitrogen and oxygen atoms in total. The second-order valence-electron chi connectivity index (χ2n) is 4.34. The molecule has 0 radical (unpaired) electrons. The van der Waals surface area contributed by atoms with Crippen LogP contribution in [0.5, 0.6) is 0 Å². The number of pyridine rings is 1. The Bertz CT molecular complexity index is 682. The lowest BCUT2D eigenvalue weighted by atomic mass is 10.1. The number of rotatable bonds is 4. The molecule has 1 heterocycles. The molecule has 1 aromatic carbocycles. The second kappa shape index (κ2) is 6.43. The first kappa shape index (κ1) is 14.4. The lowest BCUT2D eigenvalue weighted by Gasteiger charge is -2.07. The van der Waals surface area contributed by atoms with Gasteiger partial charge in [0.25, 0.3) is 5.56 Å². The fourth-order valence-corrected chi connectivity index (χ4v) is 1.98. The van der Waals surface area contributed by atoms with E-state index in [1.807, 2.05) is 6.92 Å². The highest BCUT2D eigenvalue weighted by atomic mass is 35.5. The van der Waals surface area contributed by atoms with E-state index >= 15 is 0 Å². The minimum Gasteiger partial charge on any atom is -0.449 e. The van der Waals surface area contributed by atoms with E-state index in [1.165, 1.54) is 6.20 Å². The zero-order valence-electron chi connectivity index (χ0n) is 11.0. The lowest BCUT2D eigenvalue weighted by molar-refractivity contribution is 0.160. The Morgan fingerprint density at radius 3 is 2.95 bits per heavy atom. The van der Waals surface area contributed by atoms with Gasteiger partial charge in [-0.2, -0.15) is 0 Å². The Morgan fingerprint density at radius 1 is 1.40 bits per heavy atom. The molecule has 0 atom stereocenters. The summed E-state index contributed by atoms with van der Waals surface area (Å²) < 4.78 is 5.00. The number of amides is 1. The maximum atomic E-state index is 11.6. The number of nitrogens with one attached hydrogen (secondary N) is 2. The average Bonchev–Trinajstić information content (AvgIpc) is 2.43. The van der Waals surface area contributed by atoms with Gasteiger partial charge < -0.3 is 9.72 Å². The maximum Gasteiger partial charge on any atom is 0.411 e. The molecule has 0 fully saturated rings. The van der Waals surface area contributed by atoms with Gasteiger partial charge in [0, 0.05) is 22.7 Å². The summed E-state index contributed by atoms with van der Waals surface area (Å²) in [6, 6.07) is 4.89. The van der Waals surface area contributed by atoms with Gasteiger partial charge in [-0.05, 0) is 24.6 Å². The third kappa shape index (κ3) is 3.30. The number of carbonyl (C=O) groups is 1. The molecule has 2 aromatic rings. The lowest BCUT2D eigenvalue weighted by Crippen LogP contribution is -2.14. The molecule has 0 aliphatic carbocycles. The van der Waals surface area contributed by atoms with Crippen LogP contribution in [-0.4, -0.2) is 17.7 Å². The molecule has 106 valence electrons. The van der Waals surface area contributed by atoms with Crippen molar-refractivity contribution in [3.05, 3.63) is 39.8 Å². The highest BCUT2D eigenvalue weighted by molar-refractivity contribution is 6.35.